The normalized spacial score (nSPS) is 39.0. The fourth-order valence-corrected chi connectivity index (χ4v) is 3.50. The first-order valence-electron chi connectivity index (χ1n) is 7.72. The van der Waals surface area contributed by atoms with Crippen molar-refractivity contribution in [2.75, 3.05) is 19.6 Å². The highest BCUT2D eigenvalue weighted by atomic mass is 15.2. The van der Waals surface area contributed by atoms with Gasteiger partial charge in [0.25, 0.3) is 0 Å². The molecule has 0 aromatic heterocycles. The maximum Gasteiger partial charge on any atom is 0.0198 e. The summed E-state index contributed by atoms with van der Waals surface area (Å²) in [6.45, 7) is 10.9. The number of nitrogens with zero attached hydrogens (tertiary/aromatic N) is 1. The van der Waals surface area contributed by atoms with Crippen molar-refractivity contribution in [3.63, 3.8) is 0 Å². The zero-order valence-electron chi connectivity index (χ0n) is 11.9. The van der Waals surface area contributed by atoms with Crippen LogP contribution in [0.15, 0.2) is 0 Å². The van der Waals surface area contributed by atoms with E-state index in [0.29, 0.717) is 0 Å². The molecular formula is C15H30N2. The predicted molar refractivity (Wildman–Crippen MR) is 74.2 cm³/mol. The zero-order chi connectivity index (χ0) is 12.3. The molecule has 4 atom stereocenters. The van der Waals surface area contributed by atoms with E-state index in [2.05, 4.69) is 31.0 Å². The third-order valence-electron chi connectivity index (χ3n) is 4.87. The van der Waals surface area contributed by atoms with E-state index in [-0.39, 0.29) is 0 Å². The van der Waals surface area contributed by atoms with Gasteiger partial charge in [0, 0.05) is 25.2 Å². The van der Waals surface area contributed by atoms with Crippen molar-refractivity contribution in [3.8, 4) is 0 Å². The van der Waals surface area contributed by atoms with Gasteiger partial charge in [0.15, 0.2) is 0 Å². The Morgan fingerprint density at radius 2 is 2.00 bits per heavy atom. The van der Waals surface area contributed by atoms with Gasteiger partial charge in [-0.2, -0.15) is 0 Å². The Morgan fingerprint density at radius 3 is 2.53 bits per heavy atom. The molecule has 0 bridgehead atoms. The summed E-state index contributed by atoms with van der Waals surface area (Å²) in [5, 5.41) is 3.74. The summed E-state index contributed by atoms with van der Waals surface area (Å²) in [6, 6.07) is 1.65. The Bertz CT molecular complexity index is 229. The van der Waals surface area contributed by atoms with Crippen LogP contribution < -0.4 is 5.32 Å². The van der Waals surface area contributed by atoms with Gasteiger partial charge >= 0.3 is 0 Å². The number of rotatable bonds is 5. The van der Waals surface area contributed by atoms with Crippen molar-refractivity contribution in [2.24, 2.45) is 11.8 Å². The van der Waals surface area contributed by atoms with Crippen LogP contribution in [0, 0.1) is 11.8 Å². The lowest BCUT2D eigenvalue weighted by molar-refractivity contribution is 0.0222. The minimum Gasteiger partial charge on any atom is -0.313 e. The first-order chi connectivity index (χ1) is 8.24. The van der Waals surface area contributed by atoms with Gasteiger partial charge in [-0.15, -0.1) is 0 Å². The third kappa shape index (κ3) is 3.23. The molecule has 100 valence electrons. The fraction of sp³-hybridized carbons (Fsp3) is 1.00. The van der Waals surface area contributed by atoms with E-state index in [1.54, 1.807) is 0 Å². The maximum absolute atomic E-state index is 3.74. The van der Waals surface area contributed by atoms with E-state index in [1.807, 2.05) is 0 Å². The van der Waals surface area contributed by atoms with Gasteiger partial charge in [-0.1, -0.05) is 27.2 Å². The van der Waals surface area contributed by atoms with Crippen LogP contribution in [0.3, 0.4) is 0 Å². The molecule has 17 heavy (non-hydrogen) atoms. The lowest BCUT2D eigenvalue weighted by Gasteiger charge is -2.48. The van der Waals surface area contributed by atoms with Gasteiger partial charge in [-0.05, 0) is 44.1 Å². The number of nitrogens with one attached hydrogen (secondary N) is 1. The van der Waals surface area contributed by atoms with Crippen LogP contribution in [-0.4, -0.2) is 36.6 Å². The average Bonchev–Trinajstić information content (AvgIpc) is 2.34. The summed E-state index contributed by atoms with van der Waals surface area (Å²) in [5.41, 5.74) is 0. The predicted octanol–water partition coefficient (Wildman–Crippen LogP) is 2.89. The van der Waals surface area contributed by atoms with Crippen LogP contribution in [0.1, 0.15) is 52.9 Å². The smallest absolute Gasteiger partial charge is 0.0198 e. The molecule has 2 fully saturated rings. The molecule has 1 aliphatic heterocycles. The Hall–Kier alpha value is -0.0800. The highest BCUT2D eigenvalue weighted by Gasteiger charge is 2.36. The average molecular weight is 238 g/mol. The molecule has 1 heterocycles. The molecule has 2 rings (SSSR count). The molecule has 2 heteroatoms. The minimum absolute atomic E-state index is 0.751. The number of hydrogen-bond acceptors (Lipinski definition) is 2. The van der Waals surface area contributed by atoms with Gasteiger partial charge in [-0.3, -0.25) is 4.90 Å². The molecule has 1 N–H and O–H groups in total. The van der Waals surface area contributed by atoms with E-state index in [1.165, 1.54) is 51.7 Å². The SMILES string of the molecule is CCCNC1CC(CC)CN(C2CCC2C)C1. The fourth-order valence-electron chi connectivity index (χ4n) is 3.50. The topological polar surface area (TPSA) is 15.3 Å². The molecule has 4 unspecified atom stereocenters. The van der Waals surface area contributed by atoms with Crippen molar-refractivity contribution < 1.29 is 0 Å². The van der Waals surface area contributed by atoms with Gasteiger partial charge in [-0.25, -0.2) is 0 Å². The minimum atomic E-state index is 0.751. The molecule has 0 aromatic rings. The number of likely N-dealkylation sites (tertiary alicyclic amines) is 1. The molecule has 0 amide bonds. The zero-order valence-corrected chi connectivity index (χ0v) is 11.9. The van der Waals surface area contributed by atoms with Crippen molar-refractivity contribution >= 4 is 0 Å². The Balaban J connectivity index is 1.87. The summed E-state index contributed by atoms with van der Waals surface area (Å²) >= 11 is 0. The molecule has 2 aliphatic rings. The molecule has 1 saturated carbocycles. The maximum atomic E-state index is 3.74. The number of hydrogen-bond donors (Lipinski definition) is 1. The monoisotopic (exact) mass is 238 g/mol. The summed E-state index contributed by atoms with van der Waals surface area (Å²) in [5.74, 6) is 1.86. The lowest BCUT2D eigenvalue weighted by Crippen LogP contribution is -2.56. The largest absolute Gasteiger partial charge is 0.313 e. The third-order valence-corrected chi connectivity index (χ3v) is 4.87. The van der Waals surface area contributed by atoms with Gasteiger partial charge in [0.05, 0.1) is 0 Å². The molecule has 2 nitrogen and oxygen atoms in total. The molecule has 0 spiro atoms. The van der Waals surface area contributed by atoms with E-state index in [0.717, 1.165) is 23.9 Å². The second-order valence-corrected chi connectivity index (χ2v) is 6.24. The molecule has 1 saturated heterocycles. The van der Waals surface area contributed by atoms with Crippen LogP contribution in [0.5, 0.6) is 0 Å². The quantitative estimate of drug-likeness (QED) is 0.792. The van der Waals surface area contributed by atoms with Crippen LogP contribution in [0.4, 0.5) is 0 Å². The highest BCUT2D eigenvalue weighted by Crippen LogP contribution is 2.34. The molecule has 0 aromatic carbocycles. The van der Waals surface area contributed by atoms with Gasteiger partial charge in [0.2, 0.25) is 0 Å². The van der Waals surface area contributed by atoms with Crippen LogP contribution in [0.2, 0.25) is 0 Å². The highest BCUT2D eigenvalue weighted by molar-refractivity contribution is 4.92. The Labute approximate surface area is 107 Å². The molecule has 0 radical (unpaired) electrons. The van der Waals surface area contributed by atoms with Crippen molar-refractivity contribution in [3.05, 3.63) is 0 Å². The van der Waals surface area contributed by atoms with Crippen molar-refractivity contribution in [1.29, 1.82) is 0 Å². The summed E-state index contributed by atoms with van der Waals surface area (Å²) in [7, 11) is 0. The van der Waals surface area contributed by atoms with Gasteiger partial charge in [0.1, 0.15) is 0 Å². The van der Waals surface area contributed by atoms with E-state index < -0.39 is 0 Å². The van der Waals surface area contributed by atoms with Crippen molar-refractivity contribution in [1.82, 2.24) is 10.2 Å². The van der Waals surface area contributed by atoms with E-state index in [9.17, 15) is 0 Å². The van der Waals surface area contributed by atoms with Gasteiger partial charge < -0.3 is 5.32 Å². The summed E-state index contributed by atoms with van der Waals surface area (Å²) in [6.07, 6.45) is 6.90. The second kappa shape index (κ2) is 6.19. The van der Waals surface area contributed by atoms with E-state index >= 15 is 0 Å². The first-order valence-corrected chi connectivity index (χ1v) is 7.72. The van der Waals surface area contributed by atoms with Crippen LogP contribution in [0.25, 0.3) is 0 Å². The molecule has 1 aliphatic carbocycles. The standard InChI is InChI=1S/C15H30N2/c1-4-8-16-14-9-13(5-2)10-17(11-14)15-7-6-12(15)3/h12-16H,4-11H2,1-3H3. The summed E-state index contributed by atoms with van der Waals surface area (Å²) < 4.78 is 0. The Kier molecular flexibility index (Phi) is 4.87. The number of piperidine rings is 1. The van der Waals surface area contributed by atoms with Crippen LogP contribution >= 0.6 is 0 Å². The molecular weight excluding hydrogens is 208 g/mol. The second-order valence-electron chi connectivity index (χ2n) is 6.24. The van der Waals surface area contributed by atoms with E-state index in [4.69, 9.17) is 0 Å². The lowest BCUT2D eigenvalue weighted by atomic mass is 9.78. The van der Waals surface area contributed by atoms with Crippen molar-refractivity contribution in [2.45, 2.75) is 65.0 Å². The first kappa shape index (κ1) is 13.4. The summed E-state index contributed by atoms with van der Waals surface area (Å²) in [4.78, 5) is 2.79. The Morgan fingerprint density at radius 1 is 1.18 bits per heavy atom. The van der Waals surface area contributed by atoms with Crippen LogP contribution in [-0.2, 0) is 0 Å².